The average molecular weight is 468 g/mol. The predicted molar refractivity (Wildman–Crippen MR) is 118 cm³/mol. The SMILES string of the molecule is CCc1cc2ncc(CN3CC4(C3)CN(C(=O)c3ccc(F)cc3F)C4)cc2n(OC=O)c1=O. The van der Waals surface area contributed by atoms with Crippen molar-refractivity contribution in [1.29, 1.82) is 0 Å². The van der Waals surface area contributed by atoms with Crippen LogP contribution >= 0.6 is 0 Å². The van der Waals surface area contributed by atoms with Crippen molar-refractivity contribution in [1.82, 2.24) is 19.5 Å². The average Bonchev–Trinajstić information content (AvgIpc) is 2.76. The molecule has 2 aliphatic heterocycles. The number of benzene rings is 1. The van der Waals surface area contributed by atoms with Crippen LogP contribution in [0.5, 0.6) is 0 Å². The van der Waals surface area contributed by atoms with E-state index in [0.29, 0.717) is 48.7 Å². The van der Waals surface area contributed by atoms with Gasteiger partial charge in [0.2, 0.25) is 0 Å². The number of aromatic nitrogens is 2. The molecule has 34 heavy (non-hydrogen) atoms. The Hall–Kier alpha value is -3.66. The first-order valence-corrected chi connectivity index (χ1v) is 10.9. The van der Waals surface area contributed by atoms with Gasteiger partial charge in [-0.05, 0) is 36.2 Å². The summed E-state index contributed by atoms with van der Waals surface area (Å²) in [4.78, 5) is 49.1. The Morgan fingerprint density at radius 1 is 1.18 bits per heavy atom. The molecule has 0 aliphatic carbocycles. The second kappa shape index (κ2) is 8.28. The maximum atomic E-state index is 13.9. The van der Waals surface area contributed by atoms with Gasteiger partial charge in [-0.1, -0.05) is 6.92 Å². The van der Waals surface area contributed by atoms with Crippen molar-refractivity contribution in [2.45, 2.75) is 19.9 Å². The molecule has 4 heterocycles. The number of rotatable bonds is 6. The molecule has 2 fully saturated rings. The van der Waals surface area contributed by atoms with Crippen molar-refractivity contribution in [2.24, 2.45) is 5.41 Å². The molecule has 3 aromatic rings. The summed E-state index contributed by atoms with van der Waals surface area (Å²) in [6, 6.07) is 6.46. The topological polar surface area (TPSA) is 84.7 Å². The smallest absolute Gasteiger partial charge is 0.321 e. The summed E-state index contributed by atoms with van der Waals surface area (Å²) in [7, 11) is 0. The van der Waals surface area contributed by atoms with Crippen molar-refractivity contribution in [3.63, 3.8) is 0 Å². The van der Waals surface area contributed by atoms with Crippen LogP contribution in [0.25, 0.3) is 11.0 Å². The van der Waals surface area contributed by atoms with Gasteiger partial charge in [0.15, 0.2) is 0 Å². The first kappa shape index (κ1) is 22.1. The number of fused-ring (bicyclic) bond motifs is 1. The van der Waals surface area contributed by atoms with E-state index in [4.69, 9.17) is 4.84 Å². The molecule has 0 saturated carbocycles. The molecule has 0 radical (unpaired) electrons. The quantitative estimate of drug-likeness (QED) is 0.513. The van der Waals surface area contributed by atoms with Crippen molar-refractivity contribution in [3.05, 3.63) is 75.2 Å². The zero-order valence-corrected chi connectivity index (χ0v) is 18.5. The van der Waals surface area contributed by atoms with Crippen LogP contribution in [-0.4, -0.2) is 58.1 Å². The maximum Gasteiger partial charge on any atom is 0.321 e. The molecule has 0 atom stereocenters. The highest BCUT2D eigenvalue weighted by Crippen LogP contribution is 2.41. The molecule has 0 bridgehead atoms. The van der Waals surface area contributed by atoms with Gasteiger partial charge in [-0.15, -0.1) is 4.73 Å². The van der Waals surface area contributed by atoms with Crippen molar-refractivity contribution in [3.8, 4) is 0 Å². The first-order chi connectivity index (χ1) is 16.3. The van der Waals surface area contributed by atoms with Gasteiger partial charge in [-0.3, -0.25) is 24.3 Å². The van der Waals surface area contributed by atoms with Crippen LogP contribution in [0.3, 0.4) is 0 Å². The summed E-state index contributed by atoms with van der Waals surface area (Å²) in [5, 5.41) is 0. The fourth-order valence-corrected chi connectivity index (χ4v) is 4.95. The number of likely N-dealkylation sites (tertiary alicyclic amines) is 2. The van der Waals surface area contributed by atoms with E-state index in [2.05, 4.69) is 9.88 Å². The highest BCUT2D eigenvalue weighted by Gasteiger charge is 2.53. The van der Waals surface area contributed by atoms with E-state index in [1.807, 2.05) is 6.92 Å². The summed E-state index contributed by atoms with van der Waals surface area (Å²) in [5.74, 6) is -2.00. The molecule has 2 saturated heterocycles. The largest absolute Gasteiger partial charge is 0.337 e. The van der Waals surface area contributed by atoms with E-state index >= 15 is 0 Å². The zero-order valence-electron chi connectivity index (χ0n) is 18.5. The lowest BCUT2D eigenvalue weighted by molar-refractivity contribution is -0.129. The summed E-state index contributed by atoms with van der Waals surface area (Å²) in [6.45, 7) is 5.18. The minimum absolute atomic E-state index is 0.0325. The Kier molecular flexibility index (Phi) is 5.40. The summed E-state index contributed by atoms with van der Waals surface area (Å²) in [5.41, 5.74) is 1.80. The van der Waals surface area contributed by atoms with E-state index in [0.717, 1.165) is 29.4 Å². The van der Waals surface area contributed by atoms with Gasteiger partial charge in [0.25, 0.3) is 11.5 Å². The summed E-state index contributed by atoms with van der Waals surface area (Å²) >= 11 is 0. The molecule has 1 amide bonds. The van der Waals surface area contributed by atoms with Crippen LogP contribution in [0.2, 0.25) is 0 Å². The standard InChI is InChI=1S/C24H22F2N4O4/c1-2-16-6-20-21(30(22(16)32)34-14-31)5-15(8-27-20)9-28-10-24(11-28)12-29(13-24)23(33)18-4-3-17(25)7-19(18)26/h3-8,14H,2,9-13H2,1H3. The number of amides is 1. The number of pyridine rings is 2. The Morgan fingerprint density at radius 2 is 1.94 bits per heavy atom. The molecular formula is C24H22F2N4O4. The van der Waals surface area contributed by atoms with E-state index in [-0.39, 0.29) is 23.0 Å². The molecule has 1 spiro atoms. The zero-order chi connectivity index (χ0) is 24.0. The molecule has 5 rings (SSSR count). The molecule has 176 valence electrons. The number of hydrogen-bond acceptors (Lipinski definition) is 6. The van der Waals surface area contributed by atoms with Gasteiger partial charge in [-0.25, -0.2) is 8.78 Å². The van der Waals surface area contributed by atoms with Gasteiger partial charge in [0.05, 0.1) is 11.1 Å². The molecule has 0 N–H and O–H groups in total. The minimum atomic E-state index is -0.854. The monoisotopic (exact) mass is 468 g/mol. The maximum absolute atomic E-state index is 13.9. The third-order valence-electron chi connectivity index (χ3n) is 6.50. The second-order valence-electron chi connectivity index (χ2n) is 9.00. The van der Waals surface area contributed by atoms with Crippen LogP contribution in [0, 0.1) is 17.0 Å². The fraction of sp³-hybridized carbons (Fsp3) is 0.333. The molecule has 2 aromatic heterocycles. The van der Waals surface area contributed by atoms with E-state index < -0.39 is 17.5 Å². The molecule has 10 heteroatoms. The number of nitrogens with zero attached hydrogens (tertiary/aromatic N) is 4. The van der Waals surface area contributed by atoms with Gasteiger partial charge in [-0.2, -0.15) is 0 Å². The number of carbonyl (C=O) groups excluding carboxylic acids is 2. The third-order valence-corrected chi connectivity index (χ3v) is 6.50. The highest BCUT2D eigenvalue weighted by atomic mass is 19.1. The van der Waals surface area contributed by atoms with Crippen LogP contribution in [0.15, 0.2) is 41.3 Å². The Balaban J connectivity index is 1.24. The molecule has 0 unspecified atom stereocenters. The number of halogens is 2. The van der Waals surface area contributed by atoms with Crippen molar-refractivity contribution >= 4 is 23.4 Å². The van der Waals surface area contributed by atoms with Crippen LogP contribution in [0.1, 0.15) is 28.4 Å². The molecule has 8 nitrogen and oxygen atoms in total. The summed E-state index contributed by atoms with van der Waals surface area (Å²) < 4.78 is 28.0. The van der Waals surface area contributed by atoms with Gasteiger partial charge < -0.3 is 9.74 Å². The number of carbonyl (C=O) groups is 2. The number of hydrogen-bond donors (Lipinski definition) is 0. The van der Waals surface area contributed by atoms with Gasteiger partial charge >= 0.3 is 6.47 Å². The lowest BCUT2D eigenvalue weighted by Crippen LogP contribution is -2.72. The molecular weight excluding hydrogens is 446 g/mol. The van der Waals surface area contributed by atoms with Gasteiger partial charge in [0, 0.05) is 56.0 Å². The fourth-order valence-electron chi connectivity index (χ4n) is 4.95. The third kappa shape index (κ3) is 3.73. The van der Waals surface area contributed by atoms with Crippen LogP contribution in [-0.2, 0) is 17.8 Å². The van der Waals surface area contributed by atoms with E-state index in [9.17, 15) is 23.2 Å². The Morgan fingerprint density at radius 3 is 2.62 bits per heavy atom. The van der Waals surface area contributed by atoms with Crippen molar-refractivity contribution in [2.75, 3.05) is 26.2 Å². The molecule has 2 aliphatic rings. The van der Waals surface area contributed by atoms with Gasteiger partial charge in [0.1, 0.15) is 17.2 Å². The number of aryl methyl sites for hydroxylation is 1. The van der Waals surface area contributed by atoms with Crippen LogP contribution < -0.4 is 10.4 Å². The van der Waals surface area contributed by atoms with E-state index in [1.165, 1.54) is 6.07 Å². The van der Waals surface area contributed by atoms with E-state index in [1.54, 1.807) is 23.2 Å². The molecule has 1 aromatic carbocycles. The highest BCUT2D eigenvalue weighted by molar-refractivity contribution is 5.95. The normalized spacial score (nSPS) is 16.9. The Labute approximate surface area is 193 Å². The predicted octanol–water partition coefficient (Wildman–Crippen LogP) is 1.78. The van der Waals surface area contributed by atoms with Crippen molar-refractivity contribution < 1.29 is 23.2 Å². The van der Waals surface area contributed by atoms with Crippen LogP contribution in [0.4, 0.5) is 8.78 Å². The lowest BCUT2D eigenvalue weighted by atomic mass is 9.72. The first-order valence-electron chi connectivity index (χ1n) is 10.9. The lowest BCUT2D eigenvalue weighted by Gasteiger charge is -2.60. The minimum Gasteiger partial charge on any atom is -0.337 e. The summed E-state index contributed by atoms with van der Waals surface area (Å²) in [6.07, 6.45) is 2.22. The second-order valence-corrected chi connectivity index (χ2v) is 9.00. The Bertz CT molecular complexity index is 1360.